The molecule has 0 amide bonds. The summed E-state index contributed by atoms with van der Waals surface area (Å²) in [6.45, 7) is -0.545. The largest absolute Gasteiger partial charge is 0.464 e. The lowest BCUT2D eigenvalue weighted by Gasteiger charge is -2.27. The number of rotatable bonds is 6. The number of carbonyl (C=O) groups excluding carboxylic acids is 3. The lowest BCUT2D eigenvalue weighted by molar-refractivity contribution is -0.169. The summed E-state index contributed by atoms with van der Waals surface area (Å²) in [6.07, 6.45) is 0.106. The van der Waals surface area contributed by atoms with E-state index >= 15 is 0 Å². The number of esters is 3. The highest BCUT2D eigenvalue weighted by Gasteiger charge is 2.66. The van der Waals surface area contributed by atoms with Gasteiger partial charge in [0.25, 0.3) is 10.1 Å². The van der Waals surface area contributed by atoms with E-state index in [1.807, 2.05) is 0 Å². The first kappa shape index (κ1) is 19.0. The van der Waals surface area contributed by atoms with Crippen LogP contribution in [0.25, 0.3) is 0 Å². The summed E-state index contributed by atoms with van der Waals surface area (Å²) in [6, 6.07) is 0. The Kier molecular flexibility index (Phi) is 4.25. The maximum atomic E-state index is 12.9. The fourth-order valence-electron chi connectivity index (χ4n) is 4.81. The lowest BCUT2D eigenvalue weighted by Crippen LogP contribution is -2.45. The number of ether oxygens (including phenoxy) is 5. The molecule has 0 aromatic rings. The molecule has 4 fully saturated rings. The zero-order chi connectivity index (χ0) is 20.5. The van der Waals surface area contributed by atoms with Gasteiger partial charge in [-0.2, -0.15) is 8.42 Å². The molecule has 4 bridgehead atoms. The number of hydrogen-bond acceptors (Lipinski definition) is 10. The van der Waals surface area contributed by atoms with E-state index in [-0.39, 0.29) is 11.9 Å². The molecule has 0 saturated carbocycles. The van der Waals surface area contributed by atoms with E-state index in [0.29, 0.717) is 6.42 Å². The first-order valence-corrected chi connectivity index (χ1v) is 10.9. The van der Waals surface area contributed by atoms with E-state index in [9.17, 15) is 22.8 Å². The Morgan fingerprint density at radius 2 is 1.79 bits per heavy atom. The number of hydrogen-bond donors (Lipinski definition) is 1. The van der Waals surface area contributed by atoms with E-state index < -0.39 is 82.9 Å². The van der Waals surface area contributed by atoms with Crippen LogP contribution >= 0.6 is 0 Å². The van der Waals surface area contributed by atoms with Crippen LogP contribution in [0.5, 0.6) is 0 Å². The minimum Gasteiger partial charge on any atom is -0.464 e. The van der Waals surface area contributed by atoms with E-state index in [0.717, 1.165) is 0 Å². The first-order valence-electron chi connectivity index (χ1n) is 9.25. The highest BCUT2D eigenvalue weighted by molar-refractivity contribution is 7.85. The van der Waals surface area contributed by atoms with Gasteiger partial charge in [0.15, 0.2) is 12.2 Å². The van der Waals surface area contributed by atoms with Gasteiger partial charge in [0, 0.05) is 0 Å². The molecule has 5 aliphatic heterocycles. The fourth-order valence-corrected chi connectivity index (χ4v) is 5.10. The van der Waals surface area contributed by atoms with Crippen LogP contribution in [0.15, 0.2) is 12.2 Å². The van der Waals surface area contributed by atoms with E-state index in [1.54, 1.807) is 12.2 Å². The summed E-state index contributed by atoms with van der Waals surface area (Å²) in [5.41, 5.74) is 0. The van der Waals surface area contributed by atoms with Gasteiger partial charge in [-0.05, 0) is 6.42 Å². The molecule has 158 valence electrons. The Morgan fingerprint density at radius 1 is 1.10 bits per heavy atom. The van der Waals surface area contributed by atoms with Crippen molar-refractivity contribution in [2.24, 2.45) is 17.8 Å². The summed E-state index contributed by atoms with van der Waals surface area (Å²) in [7, 11) is -4.28. The second-order valence-corrected chi connectivity index (χ2v) is 9.31. The third kappa shape index (κ3) is 3.05. The maximum Gasteiger partial charge on any atom is 0.313 e. The van der Waals surface area contributed by atoms with Gasteiger partial charge >= 0.3 is 17.9 Å². The van der Waals surface area contributed by atoms with Gasteiger partial charge in [-0.3, -0.25) is 18.9 Å². The average molecular weight is 430 g/mol. The Hall–Kier alpha value is -2.02. The molecule has 9 atom stereocenters. The molecule has 11 nitrogen and oxygen atoms in total. The fraction of sp³-hybridized carbons (Fsp3) is 0.706. The van der Waals surface area contributed by atoms with Crippen molar-refractivity contribution >= 4 is 28.0 Å². The quantitative estimate of drug-likeness (QED) is 0.229. The normalized spacial score (nSPS) is 43.6. The van der Waals surface area contributed by atoms with E-state index in [2.05, 4.69) is 0 Å². The second-order valence-electron chi connectivity index (χ2n) is 7.74. The van der Waals surface area contributed by atoms with Crippen LogP contribution in [0.2, 0.25) is 0 Å². The molecule has 9 unspecified atom stereocenters. The summed E-state index contributed by atoms with van der Waals surface area (Å²) < 4.78 is 57.4. The van der Waals surface area contributed by atoms with Crippen molar-refractivity contribution in [2.45, 2.75) is 43.0 Å². The predicted octanol–water partition coefficient (Wildman–Crippen LogP) is -1.39. The molecular formula is C17H18O11S. The van der Waals surface area contributed by atoms with Crippen LogP contribution in [0.1, 0.15) is 6.42 Å². The zero-order valence-corrected chi connectivity index (χ0v) is 15.7. The highest BCUT2D eigenvalue weighted by Crippen LogP contribution is 2.48. The minimum absolute atomic E-state index is 0.320. The Morgan fingerprint density at radius 3 is 2.48 bits per heavy atom. The Labute approximate surface area is 165 Å². The summed E-state index contributed by atoms with van der Waals surface area (Å²) in [5, 5.41) is 0. The van der Waals surface area contributed by atoms with Crippen molar-refractivity contribution in [2.75, 3.05) is 12.4 Å². The van der Waals surface area contributed by atoms with Gasteiger partial charge in [0.2, 0.25) is 0 Å². The van der Waals surface area contributed by atoms with Crippen LogP contribution in [0.3, 0.4) is 0 Å². The maximum absolute atomic E-state index is 12.9. The monoisotopic (exact) mass is 430 g/mol. The zero-order valence-electron chi connectivity index (χ0n) is 14.9. The summed E-state index contributed by atoms with van der Waals surface area (Å²) in [5.74, 6) is -4.91. The molecule has 0 radical (unpaired) electrons. The van der Waals surface area contributed by atoms with Crippen molar-refractivity contribution < 1.29 is 51.0 Å². The van der Waals surface area contributed by atoms with Crippen LogP contribution < -0.4 is 0 Å². The van der Waals surface area contributed by atoms with Gasteiger partial charge in [-0.1, -0.05) is 12.2 Å². The highest BCUT2D eigenvalue weighted by atomic mass is 32.2. The van der Waals surface area contributed by atoms with Crippen molar-refractivity contribution in [3.63, 3.8) is 0 Å². The van der Waals surface area contributed by atoms with Gasteiger partial charge < -0.3 is 23.7 Å². The van der Waals surface area contributed by atoms with Gasteiger partial charge in [0.05, 0.1) is 24.2 Å². The van der Waals surface area contributed by atoms with Gasteiger partial charge in [-0.25, -0.2) is 0 Å². The first-order chi connectivity index (χ1) is 13.7. The van der Waals surface area contributed by atoms with E-state index in [4.69, 9.17) is 28.2 Å². The second kappa shape index (κ2) is 6.49. The smallest absolute Gasteiger partial charge is 0.313 e. The van der Waals surface area contributed by atoms with Crippen LogP contribution in [0.4, 0.5) is 0 Å². The molecule has 0 spiro atoms. The molecule has 29 heavy (non-hydrogen) atoms. The molecule has 5 aliphatic rings. The van der Waals surface area contributed by atoms with Crippen molar-refractivity contribution in [3.05, 3.63) is 12.2 Å². The molecule has 0 aromatic carbocycles. The molecule has 4 saturated heterocycles. The molecular weight excluding hydrogens is 412 g/mol. The Balaban J connectivity index is 1.27. The van der Waals surface area contributed by atoms with Crippen molar-refractivity contribution in [1.29, 1.82) is 0 Å². The molecule has 5 rings (SSSR count). The number of carbonyl (C=O) groups is 3. The van der Waals surface area contributed by atoms with E-state index in [1.165, 1.54) is 0 Å². The molecule has 1 N–H and O–H groups in total. The topological polar surface area (TPSA) is 152 Å². The molecule has 12 heteroatoms. The summed E-state index contributed by atoms with van der Waals surface area (Å²) in [4.78, 5) is 37.2. The average Bonchev–Trinajstić information content (AvgIpc) is 3.41. The molecule has 0 aliphatic carbocycles. The Bertz CT molecular complexity index is 895. The lowest BCUT2D eigenvalue weighted by atomic mass is 9.82. The molecule has 5 heterocycles. The molecule has 0 aromatic heterocycles. The third-order valence-corrected chi connectivity index (χ3v) is 6.75. The predicted molar refractivity (Wildman–Crippen MR) is 88.7 cm³/mol. The summed E-state index contributed by atoms with van der Waals surface area (Å²) >= 11 is 0. The van der Waals surface area contributed by atoms with Gasteiger partial charge in [0.1, 0.15) is 30.3 Å². The van der Waals surface area contributed by atoms with Crippen LogP contribution in [0, 0.1) is 17.8 Å². The van der Waals surface area contributed by atoms with Crippen LogP contribution in [-0.2, 0) is 48.2 Å². The van der Waals surface area contributed by atoms with Crippen LogP contribution in [-0.4, -0.2) is 79.9 Å². The minimum atomic E-state index is -4.28. The number of fused-ring (bicyclic) bond motifs is 3. The van der Waals surface area contributed by atoms with Gasteiger partial charge in [-0.15, -0.1) is 0 Å². The van der Waals surface area contributed by atoms with Crippen molar-refractivity contribution in [3.8, 4) is 0 Å². The van der Waals surface area contributed by atoms with Crippen molar-refractivity contribution in [1.82, 2.24) is 0 Å². The third-order valence-electron chi connectivity index (χ3n) is 6.07. The SMILES string of the molecule is O=C1OC2C(OC(=O)C3C4C=CC(O4)C3C(=O)OCCS(=O)(=O)O)C3CC1C2O3. The standard InChI is InChI=1S/C17H18O11S/c18-15-6-5-9-13(14(28-15)12(6)26-9)27-17(20)11-8-2-1-7(25-8)10(11)16(19)24-3-4-29(21,22)23/h1-2,6-14H,3-5H2,(H,21,22,23).